The fourth-order valence-electron chi connectivity index (χ4n) is 2.86. The molecular formula is C20H31NO6S. The van der Waals surface area contributed by atoms with Gasteiger partial charge in [0.1, 0.15) is 12.4 Å². The summed E-state index contributed by atoms with van der Waals surface area (Å²) in [5.41, 5.74) is 2.06. The summed E-state index contributed by atoms with van der Waals surface area (Å²) in [5, 5.41) is 0. The lowest BCUT2D eigenvalue weighted by atomic mass is 10.00. The largest absolute Gasteiger partial charge is 0.508 e. The molecule has 0 saturated heterocycles. The summed E-state index contributed by atoms with van der Waals surface area (Å²) in [4.78, 5) is 11.3. The molecule has 0 spiro atoms. The van der Waals surface area contributed by atoms with Crippen LogP contribution in [-0.4, -0.2) is 41.4 Å². The van der Waals surface area contributed by atoms with Gasteiger partial charge in [-0.1, -0.05) is 26.3 Å². The second-order valence-corrected chi connectivity index (χ2v) is 8.35. The van der Waals surface area contributed by atoms with Gasteiger partial charge in [0.05, 0.1) is 19.1 Å². The Morgan fingerprint density at radius 1 is 1.21 bits per heavy atom. The number of carbonyl (C=O) groups is 1. The topological polar surface area (TPSA) is 90.9 Å². The minimum atomic E-state index is -3.77. The molecule has 0 fully saturated rings. The molecule has 1 aromatic carbocycles. The lowest BCUT2D eigenvalue weighted by molar-refractivity contribution is 0.0817. The third kappa shape index (κ3) is 5.97. The van der Waals surface area contributed by atoms with Crippen molar-refractivity contribution < 1.29 is 27.4 Å². The summed E-state index contributed by atoms with van der Waals surface area (Å²) >= 11 is 0. The minimum Gasteiger partial charge on any atom is -0.496 e. The summed E-state index contributed by atoms with van der Waals surface area (Å²) in [6, 6.07) is 1.28. The van der Waals surface area contributed by atoms with E-state index in [-0.39, 0.29) is 17.4 Å². The molecule has 8 heteroatoms. The van der Waals surface area contributed by atoms with Gasteiger partial charge in [-0.15, -0.1) is 0 Å². The van der Waals surface area contributed by atoms with Crippen LogP contribution < -0.4 is 9.46 Å². The highest BCUT2D eigenvalue weighted by molar-refractivity contribution is 7.89. The average Bonchev–Trinajstić information content (AvgIpc) is 2.65. The molecule has 0 aliphatic carbocycles. The Morgan fingerprint density at radius 2 is 1.86 bits per heavy atom. The Bertz CT molecular complexity index is 816. The normalized spacial score (nSPS) is 14.0. The van der Waals surface area contributed by atoms with Crippen LogP contribution in [0.2, 0.25) is 0 Å². The van der Waals surface area contributed by atoms with Crippen LogP contribution in [0.5, 0.6) is 5.75 Å². The lowest BCUT2D eigenvalue weighted by Crippen LogP contribution is -2.38. The van der Waals surface area contributed by atoms with Crippen LogP contribution in [0.1, 0.15) is 37.0 Å². The maximum Gasteiger partial charge on any atom is 0.508 e. The fourth-order valence-corrected chi connectivity index (χ4v) is 4.69. The van der Waals surface area contributed by atoms with E-state index >= 15 is 0 Å². The smallest absolute Gasteiger partial charge is 0.496 e. The zero-order valence-electron chi connectivity index (χ0n) is 17.7. The third-order valence-corrected chi connectivity index (χ3v) is 6.57. The number of methoxy groups -OCH3 is 2. The number of nitrogens with one attached hydrogen (secondary N) is 1. The van der Waals surface area contributed by atoms with Crippen LogP contribution in [0.4, 0.5) is 4.79 Å². The first-order chi connectivity index (χ1) is 13.1. The van der Waals surface area contributed by atoms with Crippen LogP contribution in [0.3, 0.4) is 0 Å². The minimum absolute atomic E-state index is 0.00103. The SMILES string of the molecule is CC[C@H](C)[C@@H](/C=C\COC(=O)OC)NS(=O)(=O)c1c(C)cc(OC)c(C)c1C. The van der Waals surface area contributed by atoms with E-state index in [2.05, 4.69) is 9.46 Å². The van der Waals surface area contributed by atoms with E-state index in [1.807, 2.05) is 20.8 Å². The van der Waals surface area contributed by atoms with Crippen molar-refractivity contribution in [3.05, 3.63) is 34.9 Å². The van der Waals surface area contributed by atoms with E-state index in [0.29, 0.717) is 16.9 Å². The third-order valence-electron chi connectivity index (χ3n) is 4.82. The molecule has 1 aromatic rings. The number of ether oxygens (including phenoxy) is 3. The number of aryl methyl sites for hydroxylation is 1. The van der Waals surface area contributed by atoms with Crippen LogP contribution in [-0.2, 0) is 19.5 Å². The van der Waals surface area contributed by atoms with Crippen molar-refractivity contribution in [1.29, 1.82) is 0 Å². The van der Waals surface area contributed by atoms with Crippen LogP contribution in [0, 0.1) is 26.7 Å². The molecule has 28 heavy (non-hydrogen) atoms. The van der Waals surface area contributed by atoms with Crippen molar-refractivity contribution in [3.8, 4) is 5.75 Å². The molecule has 0 aliphatic heterocycles. The Balaban J connectivity index is 3.16. The molecule has 0 aliphatic rings. The number of hydrogen-bond donors (Lipinski definition) is 1. The number of carbonyl (C=O) groups excluding carboxylic acids is 1. The molecular weight excluding hydrogens is 382 g/mol. The van der Waals surface area contributed by atoms with Gasteiger partial charge in [0.2, 0.25) is 10.0 Å². The van der Waals surface area contributed by atoms with Crippen LogP contribution in [0.15, 0.2) is 23.1 Å². The van der Waals surface area contributed by atoms with Gasteiger partial charge < -0.3 is 14.2 Å². The van der Waals surface area contributed by atoms with Crippen molar-refractivity contribution in [2.45, 2.75) is 52.0 Å². The molecule has 0 radical (unpaired) electrons. The highest BCUT2D eigenvalue weighted by atomic mass is 32.2. The van der Waals surface area contributed by atoms with Gasteiger partial charge in [0, 0.05) is 6.04 Å². The molecule has 0 aromatic heterocycles. The number of hydrogen-bond acceptors (Lipinski definition) is 6. The van der Waals surface area contributed by atoms with Crippen molar-refractivity contribution in [2.75, 3.05) is 20.8 Å². The zero-order chi connectivity index (χ0) is 21.5. The van der Waals surface area contributed by atoms with E-state index in [1.165, 1.54) is 7.11 Å². The van der Waals surface area contributed by atoms with Crippen LogP contribution in [0.25, 0.3) is 0 Å². The van der Waals surface area contributed by atoms with E-state index < -0.39 is 22.2 Å². The maximum atomic E-state index is 13.2. The van der Waals surface area contributed by atoms with Gasteiger partial charge in [-0.25, -0.2) is 17.9 Å². The predicted octanol–water partition coefficient (Wildman–Crippen LogP) is 3.65. The van der Waals surface area contributed by atoms with E-state index in [4.69, 9.17) is 9.47 Å². The summed E-state index contributed by atoms with van der Waals surface area (Å²) in [5.74, 6) is 0.705. The molecule has 0 heterocycles. The molecule has 0 saturated carbocycles. The Morgan fingerprint density at radius 3 is 2.39 bits per heavy atom. The van der Waals surface area contributed by atoms with Gasteiger partial charge >= 0.3 is 6.16 Å². The fraction of sp³-hybridized carbons (Fsp3) is 0.550. The van der Waals surface area contributed by atoms with Crippen molar-refractivity contribution in [3.63, 3.8) is 0 Å². The van der Waals surface area contributed by atoms with Gasteiger partial charge in [0.25, 0.3) is 0 Å². The first-order valence-electron chi connectivity index (χ1n) is 9.13. The molecule has 0 amide bonds. The van der Waals surface area contributed by atoms with Gasteiger partial charge in [-0.2, -0.15) is 0 Å². The molecule has 158 valence electrons. The summed E-state index contributed by atoms with van der Waals surface area (Å²) in [7, 11) is -0.982. The molecule has 2 atom stereocenters. The lowest BCUT2D eigenvalue weighted by Gasteiger charge is -2.23. The van der Waals surface area contributed by atoms with Crippen molar-refractivity contribution >= 4 is 16.2 Å². The van der Waals surface area contributed by atoms with E-state index in [1.54, 1.807) is 39.2 Å². The average molecular weight is 414 g/mol. The second kappa shape index (κ2) is 10.5. The second-order valence-electron chi connectivity index (χ2n) is 6.70. The molecule has 1 N–H and O–H groups in total. The monoisotopic (exact) mass is 413 g/mol. The number of sulfonamides is 1. The highest BCUT2D eigenvalue weighted by Gasteiger charge is 2.26. The first kappa shape index (κ1) is 24.0. The quantitative estimate of drug-likeness (QED) is 0.491. The van der Waals surface area contributed by atoms with E-state index in [0.717, 1.165) is 12.0 Å². The van der Waals surface area contributed by atoms with Gasteiger partial charge in [-0.3, -0.25) is 0 Å². The molecule has 1 rings (SSSR count). The molecule has 0 unspecified atom stereocenters. The Labute approximate surface area is 168 Å². The maximum absolute atomic E-state index is 13.2. The van der Waals surface area contributed by atoms with E-state index in [9.17, 15) is 13.2 Å². The predicted molar refractivity (Wildman–Crippen MR) is 108 cm³/mol. The standard InChI is InChI=1S/C20H31NO6S/c1-8-13(2)17(10-9-11-27-20(22)26-7)21-28(23,24)19-14(3)12-18(25-6)15(4)16(19)5/h9-10,12-13,17,21H,8,11H2,1-7H3/b10-9-/t13-,17+/m0/s1. The summed E-state index contributed by atoms with van der Waals surface area (Å²) in [6.07, 6.45) is 3.30. The summed E-state index contributed by atoms with van der Waals surface area (Å²) in [6.45, 7) is 9.31. The first-order valence-corrected chi connectivity index (χ1v) is 10.6. The Kier molecular flexibility index (Phi) is 8.97. The zero-order valence-corrected chi connectivity index (χ0v) is 18.5. The molecule has 7 nitrogen and oxygen atoms in total. The highest BCUT2D eigenvalue weighted by Crippen LogP contribution is 2.30. The van der Waals surface area contributed by atoms with Gasteiger partial charge in [-0.05, 0) is 55.5 Å². The van der Waals surface area contributed by atoms with Gasteiger partial charge in [0.15, 0.2) is 0 Å². The number of rotatable bonds is 9. The number of benzene rings is 1. The molecule has 0 bridgehead atoms. The Hall–Kier alpha value is -2.06. The van der Waals surface area contributed by atoms with Crippen molar-refractivity contribution in [2.24, 2.45) is 5.92 Å². The summed E-state index contributed by atoms with van der Waals surface area (Å²) < 4.78 is 43.6. The van der Waals surface area contributed by atoms with Crippen molar-refractivity contribution in [1.82, 2.24) is 4.72 Å². The van der Waals surface area contributed by atoms with Crippen LogP contribution >= 0.6 is 0 Å².